The normalized spacial score (nSPS) is 14.9. The molecule has 1 aliphatic rings. The minimum Gasteiger partial charge on any atom is -0.356 e. The summed E-state index contributed by atoms with van der Waals surface area (Å²) in [5.41, 5.74) is 0. The summed E-state index contributed by atoms with van der Waals surface area (Å²) in [6, 6.07) is 5.98. The molecule has 1 fully saturated rings. The second-order valence-corrected chi connectivity index (χ2v) is 5.67. The minimum atomic E-state index is 0. The fraction of sp³-hybridized carbons (Fsp3) is 0.562. The van der Waals surface area contributed by atoms with Crippen LogP contribution in [0, 0.1) is 0 Å². The number of amides is 1. The van der Waals surface area contributed by atoms with Gasteiger partial charge in [0, 0.05) is 66.5 Å². The Morgan fingerprint density at radius 2 is 2.00 bits per heavy atom. The Bertz CT molecular complexity index is 529. The van der Waals surface area contributed by atoms with Crippen LogP contribution < -0.4 is 10.2 Å². The highest BCUT2D eigenvalue weighted by Crippen LogP contribution is 2.12. The maximum absolute atomic E-state index is 11.6. The molecule has 134 valence electrons. The zero-order valence-corrected chi connectivity index (χ0v) is 16.9. The zero-order chi connectivity index (χ0) is 16.7. The number of halogens is 1. The van der Waals surface area contributed by atoms with Crippen LogP contribution in [0.25, 0.3) is 0 Å². The van der Waals surface area contributed by atoms with Crippen molar-refractivity contribution in [3.05, 3.63) is 24.4 Å². The number of nitrogens with one attached hydrogen (secondary N) is 1. The summed E-state index contributed by atoms with van der Waals surface area (Å²) in [6.45, 7) is 4.20. The zero-order valence-electron chi connectivity index (χ0n) is 14.6. The van der Waals surface area contributed by atoms with E-state index in [1.165, 1.54) is 0 Å². The van der Waals surface area contributed by atoms with Gasteiger partial charge in [-0.15, -0.1) is 24.0 Å². The van der Waals surface area contributed by atoms with Gasteiger partial charge < -0.3 is 20.0 Å². The Morgan fingerprint density at radius 1 is 1.29 bits per heavy atom. The molecule has 1 aliphatic heterocycles. The van der Waals surface area contributed by atoms with E-state index >= 15 is 0 Å². The number of hydrogen-bond acceptors (Lipinski definition) is 4. The fourth-order valence-corrected chi connectivity index (χ4v) is 2.53. The monoisotopic (exact) mass is 446 g/mol. The first kappa shape index (κ1) is 20.5. The summed E-state index contributed by atoms with van der Waals surface area (Å²) in [6.07, 6.45) is 2.30. The van der Waals surface area contributed by atoms with Gasteiger partial charge in [0.15, 0.2) is 5.96 Å². The van der Waals surface area contributed by atoms with Crippen LogP contribution >= 0.6 is 24.0 Å². The molecule has 1 aromatic rings. The summed E-state index contributed by atoms with van der Waals surface area (Å²) < 4.78 is 0. The number of anilines is 1. The van der Waals surface area contributed by atoms with Crippen LogP contribution in [0.15, 0.2) is 29.4 Å². The van der Waals surface area contributed by atoms with Crippen molar-refractivity contribution >= 4 is 41.7 Å². The maximum Gasteiger partial charge on any atom is 0.223 e. The molecule has 0 radical (unpaired) electrons. The molecule has 1 amide bonds. The minimum absolute atomic E-state index is 0. The number of aliphatic imine (C=N–C) groups is 1. The van der Waals surface area contributed by atoms with E-state index in [2.05, 4.69) is 25.1 Å². The summed E-state index contributed by atoms with van der Waals surface area (Å²) in [5.74, 6) is 2.00. The van der Waals surface area contributed by atoms with Gasteiger partial charge in [-0.2, -0.15) is 0 Å². The molecule has 8 heteroatoms. The highest BCUT2D eigenvalue weighted by molar-refractivity contribution is 14.0. The second-order valence-electron chi connectivity index (χ2n) is 5.67. The van der Waals surface area contributed by atoms with Gasteiger partial charge in [-0.3, -0.25) is 9.79 Å². The van der Waals surface area contributed by atoms with E-state index in [1.807, 2.05) is 24.4 Å². The maximum atomic E-state index is 11.6. The van der Waals surface area contributed by atoms with Crippen molar-refractivity contribution in [2.75, 3.05) is 58.8 Å². The van der Waals surface area contributed by atoms with Crippen molar-refractivity contribution < 1.29 is 4.79 Å². The molecule has 1 N–H and O–H groups in total. The van der Waals surface area contributed by atoms with Crippen molar-refractivity contribution in [3.63, 3.8) is 0 Å². The number of nitrogens with zero attached hydrogens (tertiary/aromatic N) is 5. The molecule has 0 bridgehead atoms. The molecule has 24 heavy (non-hydrogen) atoms. The Labute approximate surface area is 161 Å². The fourth-order valence-electron chi connectivity index (χ4n) is 2.53. The average molecular weight is 446 g/mol. The van der Waals surface area contributed by atoms with E-state index in [0.717, 1.165) is 38.0 Å². The second kappa shape index (κ2) is 10.3. The van der Waals surface area contributed by atoms with Crippen LogP contribution in [0.4, 0.5) is 5.82 Å². The lowest BCUT2D eigenvalue weighted by Gasteiger charge is -2.37. The standard InChI is InChI=1S/C16H26N6O.HI/c1-17-16(19-9-7-15(23)20(2)3)22-12-10-21(11-13-22)14-6-4-5-8-18-14;/h4-6,8H,7,9-13H2,1-3H3,(H,17,19);1H. The molecule has 0 saturated carbocycles. The van der Waals surface area contributed by atoms with Crippen molar-refractivity contribution in [1.82, 2.24) is 20.1 Å². The van der Waals surface area contributed by atoms with Gasteiger partial charge >= 0.3 is 0 Å². The number of piperazine rings is 1. The first-order chi connectivity index (χ1) is 11.1. The van der Waals surface area contributed by atoms with Crippen LogP contribution in [0.5, 0.6) is 0 Å². The van der Waals surface area contributed by atoms with Crippen molar-refractivity contribution in [1.29, 1.82) is 0 Å². The molecule has 2 heterocycles. The molecule has 1 saturated heterocycles. The smallest absolute Gasteiger partial charge is 0.223 e. The number of carbonyl (C=O) groups is 1. The van der Waals surface area contributed by atoms with Crippen LogP contribution in [-0.4, -0.2) is 80.5 Å². The van der Waals surface area contributed by atoms with E-state index in [9.17, 15) is 4.79 Å². The van der Waals surface area contributed by atoms with Crippen LogP contribution in [0.1, 0.15) is 6.42 Å². The van der Waals surface area contributed by atoms with Crippen LogP contribution in [-0.2, 0) is 4.79 Å². The molecule has 0 aliphatic carbocycles. The van der Waals surface area contributed by atoms with Gasteiger partial charge in [0.25, 0.3) is 0 Å². The number of guanidine groups is 1. The Balaban J connectivity index is 0.00000288. The summed E-state index contributed by atoms with van der Waals surface area (Å²) in [5, 5.41) is 3.27. The first-order valence-electron chi connectivity index (χ1n) is 7.93. The first-order valence-corrected chi connectivity index (χ1v) is 7.93. The molecular weight excluding hydrogens is 419 g/mol. The third-order valence-corrected chi connectivity index (χ3v) is 3.89. The molecular formula is C16H27IN6O. The molecule has 0 spiro atoms. The van der Waals surface area contributed by atoms with Gasteiger partial charge in [0.05, 0.1) is 0 Å². The Hall–Kier alpha value is -1.58. The van der Waals surface area contributed by atoms with Gasteiger partial charge in [-0.25, -0.2) is 4.98 Å². The summed E-state index contributed by atoms with van der Waals surface area (Å²) in [4.78, 5) is 26.4. The molecule has 2 rings (SSSR count). The lowest BCUT2D eigenvalue weighted by Crippen LogP contribution is -2.53. The lowest BCUT2D eigenvalue weighted by molar-refractivity contribution is -0.128. The number of carbonyl (C=O) groups excluding carboxylic acids is 1. The van der Waals surface area contributed by atoms with Crippen molar-refractivity contribution in [3.8, 4) is 0 Å². The van der Waals surface area contributed by atoms with Crippen LogP contribution in [0.2, 0.25) is 0 Å². The van der Waals surface area contributed by atoms with E-state index in [0.29, 0.717) is 13.0 Å². The predicted molar refractivity (Wildman–Crippen MR) is 108 cm³/mol. The SMILES string of the molecule is CN=C(NCCC(=O)N(C)C)N1CCN(c2ccccn2)CC1.I. The number of aromatic nitrogens is 1. The van der Waals surface area contributed by atoms with Crippen LogP contribution in [0.3, 0.4) is 0 Å². The van der Waals surface area contributed by atoms with Crippen molar-refractivity contribution in [2.24, 2.45) is 4.99 Å². The van der Waals surface area contributed by atoms with Gasteiger partial charge in [-0.1, -0.05) is 6.07 Å². The third kappa shape index (κ3) is 5.81. The summed E-state index contributed by atoms with van der Waals surface area (Å²) >= 11 is 0. The van der Waals surface area contributed by atoms with Gasteiger partial charge in [0.2, 0.25) is 5.91 Å². The van der Waals surface area contributed by atoms with Gasteiger partial charge in [-0.05, 0) is 12.1 Å². The third-order valence-electron chi connectivity index (χ3n) is 3.89. The highest BCUT2D eigenvalue weighted by atomic mass is 127. The molecule has 0 aromatic carbocycles. The quantitative estimate of drug-likeness (QED) is 0.423. The average Bonchev–Trinajstić information content (AvgIpc) is 2.59. The van der Waals surface area contributed by atoms with E-state index in [1.54, 1.807) is 26.0 Å². The molecule has 1 aromatic heterocycles. The highest BCUT2D eigenvalue weighted by Gasteiger charge is 2.20. The van der Waals surface area contributed by atoms with E-state index in [-0.39, 0.29) is 29.9 Å². The Kier molecular flexibility index (Phi) is 8.80. The number of pyridine rings is 1. The topological polar surface area (TPSA) is 64.1 Å². The van der Waals surface area contributed by atoms with E-state index < -0.39 is 0 Å². The largest absolute Gasteiger partial charge is 0.356 e. The molecule has 0 atom stereocenters. The van der Waals surface area contributed by atoms with Gasteiger partial charge in [0.1, 0.15) is 5.82 Å². The number of rotatable bonds is 4. The summed E-state index contributed by atoms with van der Waals surface area (Å²) in [7, 11) is 5.32. The van der Waals surface area contributed by atoms with Crippen molar-refractivity contribution in [2.45, 2.75) is 6.42 Å². The number of hydrogen-bond donors (Lipinski definition) is 1. The molecule has 7 nitrogen and oxygen atoms in total. The molecule has 0 unspecified atom stereocenters. The van der Waals surface area contributed by atoms with E-state index in [4.69, 9.17) is 0 Å². The predicted octanol–water partition coefficient (Wildman–Crippen LogP) is 0.875. The lowest BCUT2D eigenvalue weighted by atomic mass is 10.3. The Morgan fingerprint density at radius 3 is 2.54 bits per heavy atom.